The van der Waals surface area contributed by atoms with Gasteiger partial charge in [0.2, 0.25) is 5.91 Å². The molecule has 0 unspecified atom stereocenters. The first kappa shape index (κ1) is 21.3. The fourth-order valence-electron chi connectivity index (χ4n) is 2.04. The molecular weight excluding hydrogens is 406 g/mol. The van der Waals surface area contributed by atoms with Gasteiger partial charge in [0, 0.05) is 13.0 Å². The van der Waals surface area contributed by atoms with E-state index < -0.39 is 27.3 Å². The maximum atomic E-state index is 12.3. The number of rotatable bonds is 5. The summed E-state index contributed by atoms with van der Waals surface area (Å²) in [6.07, 6.45) is 1.49. The van der Waals surface area contributed by atoms with E-state index in [4.69, 9.17) is 4.18 Å². The quantitative estimate of drug-likeness (QED) is 0.630. The number of thioether (sulfide) groups is 1. The number of amides is 4. The summed E-state index contributed by atoms with van der Waals surface area (Å²) in [5.74, 6) is -0.501. The van der Waals surface area contributed by atoms with Gasteiger partial charge < -0.3 is 14.8 Å². The second-order valence-electron chi connectivity index (χ2n) is 5.31. The summed E-state index contributed by atoms with van der Waals surface area (Å²) in [7, 11) is -4.09. The summed E-state index contributed by atoms with van der Waals surface area (Å²) < 4.78 is 29.8. The summed E-state index contributed by atoms with van der Waals surface area (Å²) in [5.41, 5.74) is 0.242. The molecule has 4 amide bonds. The van der Waals surface area contributed by atoms with Gasteiger partial charge in [-0.3, -0.25) is 14.9 Å². The predicted octanol–water partition coefficient (Wildman–Crippen LogP) is 3.02. The van der Waals surface area contributed by atoms with Crippen LogP contribution in [-0.4, -0.2) is 31.9 Å². The van der Waals surface area contributed by atoms with Crippen LogP contribution in [0, 0.1) is 0 Å². The Balaban J connectivity index is 2.30. The molecule has 0 atom stereocenters. The Hall–Kier alpha value is -3.05. The van der Waals surface area contributed by atoms with Crippen LogP contribution in [-0.2, 0) is 14.9 Å². The molecule has 2 rings (SSSR count). The van der Waals surface area contributed by atoms with E-state index in [1.807, 2.05) is 0 Å². The minimum Gasteiger partial charge on any atom is -0.379 e. The molecule has 0 fully saturated rings. The van der Waals surface area contributed by atoms with Gasteiger partial charge in [-0.15, -0.1) is 0 Å². The van der Waals surface area contributed by atoms with E-state index >= 15 is 0 Å². The minimum atomic E-state index is -4.09. The zero-order valence-electron chi connectivity index (χ0n) is 14.9. The molecule has 148 valence electrons. The van der Waals surface area contributed by atoms with Crippen molar-refractivity contribution in [3.05, 3.63) is 48.5 Å². The standard InChI is InChI=1S/C17H17N3O6S2/c1-11(21)18-14-9-8-12(10-15(14)19-16(22)20-17(23)27-2)26-28(24,25)13-6-4-3-5-7-13/h3-10H,1-2H3,(H,18,21)(H2,19,20,22,23). The number of benzene rings is 2. The topological polar surface area (TPSA) is 131 Å². The van der Waals surface area contributed by atoms with Crippen molar-refractivity contribution < 1.29 is 27.0 Å². The van der Waals surface area contributed by atoms with Crippen LogP contribution in [0.25, 0.3) is 0 Å². The van der Waals surface area contributed by atoms with Gasteiger partial charge in [-0.05, 0) is 30.5 Å². The van der Waals surface area contributed by atoms with Crippen molar-refractivity contribution in [2.45, 2.75) is 11.8 Å². The molecule has 2 aromatic rings. The third-order valence-electron chi connectivity index (χ3n) is 3.19. The molecular formula is C17H17N3O6S2. The van der Waals surface area contributed by atoms with Crippen molar-refractivity contribution in [2.24, 2.45) is 0 Å². The van der Waals surface area contributed by atoms with E-state index in [1.165, 1.54) is 43.5 Å². The lowest BCUT2D eigenvalue weighted by molar-refractivity contribution is -0.114. The van der Waals surface area contributed by atoms with Gasteiger partial charge in [-0.2, -0.15) is 8.42 Å². The Morgan fingerprint density at radius 3 is 2.25 bits per heavy atom. The highest BCUT2D eigenvalue weighted by Gasteiger charge is 2.18. The number of imide groups is 1. The van der Waals surface area contributed by atoms with Crippen LogP contribution in [0.1, 0.15) is 6.92 Å². The fourth-order valence-corrected chi connectivity index (χ4v) is 3.17. The highest BCUT2D eigenvalue weighted by atomic mass is 32.2. The van der Waals surface area contributed by atoms with Crippen LogP contribution in [0.2, 0.25) is 0 Å². The van der Waals surface area contributed by atoms with Crippen molar-refractivity contribution >= 4 is 50.4 Å². The molecule has 0 bridgehead atoms. The lowest BCUT2D eigenvalue weighted by Crippen LogP contribution is -2.31. The lowest BCUT2D eigenvalue weighted by atomic mass is 10.2. The molecule has 0 heterocycles. The third kappa shape index (κ3) is 5.99. The summed E-state index contributed by atoms with van der Waals surface area (Å²) in [6, 6.07) is 10.6. The second-order valence-corrected chi connectivity index (χ2v) is 7.64. The molecule has 2 aromatic carbocycles. The molecule has 0 spiro atoms. The van der Waals surface area contributed by atoms with E-state index in [9.17, 15) is 22.8 Å². The largest absolute Gasteiger partial charge is 0.379 e. The van der Waals surface area contributed by atoms with E-state index in [1.54, 1.807) is 18.2 Å². The van der Waals surface area contributed by atoms with Gasteiger partial charge in [0.1, 0.15) is 10.6 Å². The Morgan fingerprint density at radius 2 is 1.64 bits per heavy atom. The Kier molecular flexibility index (Phi) is 7.01. The average molecular weight is 423 g/mol. The summed E-state index contributed by atoms with van der Waals surface area (Å²) in [4.78, 5) is 34.5. The van der Waals surface area contributed by atoms with Crippen molar-refractivity contribution in [3.8, 4) is 5.75 Å². The SMILES string of the molecule is CSC(=O)NC(=O)Nc1cc(OS(=O)(=O)c2ccccc2)ccc1NC(C)=O. The predicted molar refractivity (Wildman–Crippen MR) is 106 cm³/mol. The molecule has 9 nitrogen and oxygen atoms in total. The van der Waals surface area contributed by atoms with Gasteiger partial charge >= 0.3 is 16.1 Å². The molecule has 3 N–H and O–H groups in total. The Labute approximate surface area is 166 Å². The number of hydrogen-bond donors (Lipinski definition) is 3. The molecule has 28 heavy (non-hydrogen) atoms. The molecule has 0 aromatic heterocycles. The Bertz CT molecular complexity index is 993. The number of nitrogens with one attached hydrogen (secondary N) is 3. The molecule has 11 heteroatoms. The lowest BCUT2D eigenvalue weighted by Gasteiger charge is -2.14. The number of carbonyl (C=O) groups excluding carboxylic acids is 3. The van der Waals surface area contributed by atoms with Crippen LogP contribution in [0.3, 0.4) is 0 Å². The number of carbonyl (C=O) groups is 3. The summed E-state index contributed by atoms with van der Waals surface area (Å²) in [5, 5.41) is 6.33. The monoisotopic (exact) mass is 423 g/mol. The van der Waals surface area contributed by atoms with Crippen LogP contribution < -0.4 is 20.1 Å². The van der Waals surface area contributed by atoms with Crippen LogP contribution >= 0.6 is 11.8 Å². The normalized spacial score (nSPS) is 10.6. The van der Waals surface area contributed by atoms with Crippen LogP contribution in [0.4, 0.5) is 21.0 Å². The second kappa shape index (κ2) is 9.24. The van der Waals surface area contributed by atoms with Gasteiger partial charge in [0.25, 0.3) is 5.24 Å². The molecule has 0 saturated heterocycles. The zero-order chi connectivity index (χ0) is 20.7. The first-order valence-electron chi connectivity index (χ1n) is 7.78. The van der Waals surface area contributed by atoms with Gasteiger partial charge in [0.05, 0.1) is 11.4 Å². The van der Waals surface area contributed by atoms with E-state index in [0.717, 1.165) is 11.8 Å². The van der Waals surface area contributed by atoms with Gasteiger partial charge in [-0.1, -0.05) is 30.0 Å². The van der Waals surface area contributed by atoms with Gasteiger partial charge in [-0.25, -0.2) is 4.79 Å². The average Bonchev–Trinajstić information content (AvgIpc) is 2.63. The first-order chi connectivity index (χ1) is 13.2. The molecule has 0 radical (unpaired) electrons. The van der Waals surface area contributed by atoms with Crippen molar-refractivity contribution in [1.29, 1.82) is 0 Å². The maximum absolute atomic E-state index is 12.3. The zero-order valence-corrected chi connectivity index (χ0v) is 16.5. The summed E-state index contributed by atoms with van der Waals surface area (Å²) >= 11 is 0.803. The molecule has 0 saturated carbocycles. The molecule has 0 aliphatic carbocycles. The Morgan fingerprint density at radius 1 is 0.964 bits per heavy atom. The number of anilines is 2. The summed E-state index contributed by atoms with van der Waals surface area (Å²) in [6.45, 7) is 1.27. The smallest absolute Gasteiger partial charge is 0.339 e. The maximum Gasteiger partial charge on any atom is 0.339 e. The first-order valence-corrected chi connectivity index (χ1v) is 10.4. The number of hydrogen-bond acceptors (Lipinski definition) is 7. The van der Waals surface area contributed by atoms with Crippen molar-refractivity contribution in [3.63, 3.8) is 0 Å². The van der Waals surface area contributed by atoms with Crippen LogP contribution in [0.5, 0.6) is 5.75 Å². The highest BCUT2D eigenvalue weighted by Crippen LogP contribution is 2.29. The number of urea groups is 1. The molecule has 0 aliphatic heterocycles. The van der Waals surface area contributed by atoms with Gasteiger partial charge in [0.15, 0.2) is 0 Å². The van der Waals surface area contributed by atoms with Crippen molar-refractivity contribution in [2.75, 3.05) is 16.9 Å². The van der Waals surface area contributed by atoms with E-state index in [2.05, 4.69) is 16.0 Å². The molecule has 0 aliphatic rings. The third-order valence-corrected chi connectivity index (χ3v) is 4.92. The minimum absolute atomic E-state index is 0.0428. The van der Waals surface area contributed by atoms with Crippen LogP contribution in [0.15, 0.2) is 53.4 Å². The van der Waals surface area contributed by atoms with E-state index in [-0.39, 0.29) is 22.0 Å². The highest BCUT2D eigenvalue weighted by molar-refractivity contribution is 8.13. The fraction of sp³-hybridized carbons (Fsp3) is 0.118. The van der Waals surface area contributed by atoms with Crippen molar-refractivity contribution in [1.82, 2.24) is 5.32 Å². The van der Waals surface area contributed by atoms with E-state index in [0.29, 0.717) is 0 Å².